The van der Waals surface area contributed by atoms with Gasteiger partial charge >= 0.3 is 35.0 Å². The van der Waals surface area contributed by atoms with Gasteiger partial charge in [0.15, 0.2) is 10.6 Å². The van der Waals surface area contributed by atoms with Crippen LogP contribution >= 0.6 is 22.8 Å². The van der Waals surface area contributed by atoms with Crippen LogP contribution in [0.15, 0.2) is 98.6 Å². The minimum absolute atomic E-state index is 0.0476. The summed E-state index contributed by atoms with van der Waals surface area (Å²) >= 11 is 0. The molecule has 3 aliphatic rings. The quantitative estimate of drug-likeness (QED) is 0.0640. The normalized spacial score (nSPS) is 25.9. The van der Waals surface area contributed by atoms with Crippen LogP contribution in [0.5, 0.6) is 0 Å². The van der Waals surface area contributed by atoms with Crippen LogP contribution in [0.3, 0.4) is 0 Å². The number of ether oxygens (including phenoxy) is 2. The maximum absolute atomic E-state index is 13.1. The molecule has 0 radical (unpaired) electrons. The van der Waals surface area contributed by atoms with Crippen molar-refractivity contribution in [1.82, 2.24) is 10.6 Å². The molecule has 60 heavy (non-hydrogen) atoms. The third-order valence-corrected chi connectivity index (χ3v) is 17.7. The van der Waals surface area contributed by atoms with E-state index in [-0.39, 0.29) is 50.8 Å². The van der Waals surface area contributed by atoms with Crippen molar-refractivity contribution in [2.24, 2.45) is 23.5 Å². The molecule has 0 saturated heterocycles. The Balaban J connectivity index is 0.000000249. The number of hydrogen-bond donors (Lipinski definition) is 4. The molecule has 2 aromatic carbocycles. The maximum atomic E-state index is 13.1. The predicted molar refractivity (Wildman–Crippen MR) is 230 cm³/mol. The summed E-state index contributed by atoms with van der Waals surface area (Å²) in [7, 11) is -10.7. The summed E-state index contributed by atoms with van der Waals surface area (Å²) in [6, 6.07) is 18.5. The van der Waals surface area contributed by atoms with Crippen molar-refractivity contribution >= 4 is 35.0 Å². The van der Waals surface area contributed by atoms with E-state index in [1.165, 1.54) is 0 Å². The lowest BCUT2D eigenvalue weighted by Crippen LogP contribution is -2.39. The van der Waals surface area contributed by atoms with Crippen molar-refractivity contribution in [3.05, 3.63) is 110 Å². The van der Waals surface area contributed by atoms with Crippen molar-refractivity contribution in [3.8, 4) is 0 Å². The van der Waals surface area contributed by atoms with Crippen LogP contribution in [0, 0.1) is 17.8 Å². The Kier molecular flexibility index (Phi) is 19.2. The summed E-state index contributed by atoms with van der Waals surface area (Å²) in [5.41, 5.74) is 7.67. The van der Waals surface area contributed by atoms with Gasteiger partial charge in [0.2, 0.25) is 0 Å². The van der Waals surface area contributed by atoms with Crippen molar-refractivity contribution in [2.75, 3.05) is 33.0 Å². The van der Waals surface area contributed by atoms with Gasteiger partial charge in [-0.15, -0.1) is 19.7 Å². The van der Waals surface area contributed by atoms with Gasteiger partial charge < -0.3 is 53.4 Å². The fourth-order valence-corrected chi connectivity index (χ4v) is 12.8. The van der Waals surface area contributed by atoms with Crippen LogP contribution < -0.4 is 16.4 Å². The molecule has 3 fully saturated rings. The molecule has 2 amide bonds. The average molecular weight is 898 g/mol. The first-order chi connectivity index (χ1) is 28.5. The lowest BCUT2D eigenvalue weighted by molar-refractivity contribution is 0.132. The fraction of sp³-hybridized carbons (Fsp3) is 0.512. The monoisotopic (exact) mass is 897 g/mol. The number of amides is 2. The Bertz CT molecular complexity index is 1870. The van der Waals surface area contributed by atoms with Gasteiger partial charge in [-0.1, -0.05) is 78.9 Å². The van der Waals surface area contributed by atoms with Crippen LogP contribution in [0.1, 0.15) is 65.0 Å². The minimum atomic E-state index is -3.99. The Morgan fingerprint density at radius 3 is 1.35 bits per heavy atom. The van der Waals surface area contributed by atoms with Gasteiger partial charge in [0, 0.05) is 17.8 Å². The molecule has 5 rings (SSSR count). The van der Waals surface area contributed by atoms with Crippen LogP contribution in [0.25, 0.3) is 0 Å². The molecule has 0 aliphatic heterocycles. The van der Waals surface area contributed by atoms with E-state index < -0.39 is 50.8 Å². The van der Waals surface area contributed by atoms with Gasteiger partial charge in [0.05, 0.1) is 33.0 Å². The van der Waals surface area contributed by atoms with Gasteiger partial charge in [-0.3, -0.25) is 13.7 Å². The van der Waals surface area contributed by atoms with Gasteiger partial charge in [-0.2, -0.15) is 0 Å². The molecule has 2 aromatic rings. The highest BCUT2D eigenvalue weighted by Crippen LogP contribution is 2.73. The molecule has 7 atom stereocenters. The Hall–Kier alpha value is -3.39. The molecule has 3 saturated carbocycles. The molecule has 3 aliphatic carbocycles. The summed E-state index contributed by atoms with van der Waals surface area (Å²) < 4.78 is 74.1. The molecule has 0 bridgehead atoms. The summed E-state index contributed by atoms with van der Waals surface area (Å²) in [4.78, 5) is 34.2. The summed E-state index contributed by atoms with van der Waals surface area (Å²) in [6.45, 7) is 21.1. The van der Waals surface area contributed by atoms with E-state index in [0.717, 1.165) is 11.1 Å². The fourth-order valence-electron chi connectivity index (χ4n) is 6.46. The molecule has 16 nitrogen and oxygen atoms in total. The Labute approximate surface area is 354 Å². The van der Waals surface area contributed by atoms with E-state index in [4.69, 9.17) is 37.8 Å². The zero-order valence-corrected chi connectivity index (χ0v) is 37.9. The van der Waals surface area contributed by atoms with Crippen molar-refractivity contribution in [1.29, 1.82) is 0 Å². The molecule has 5 N–H and O–H groups in total. The smallest absolute Gasteiger partial charge is 0.408 e. The van der Waals surface area contributed by atoms with Crippen LogP contribution in [-0.4, -0.2) is 66.0 Å². The number of benzene rings is 2. The standard InChI is InChI=1S/C17H24NO5P.C15H20NO5P.C9H18NO3P/c1-4-15-12-17(15,24(20,22-5-2)23-6-3)18-16(19)21-13-14-10-8-7-9-11-14;1-3-13-10-15(13,22(18,19)21-4-2)16-14(17)20-11-12-8-6-5-7-9-12;1-4-8-7-9(8,10)14(11,12-5-2)13-6-3/h4,7-11,15H,1,5-6,12-13H2,2-3H3,(H,18,19);3,5-9,13H,1,4,10-11H2,2H3,(H,16,17)(H,18,19);4,8H,1,5-7,10H2,2-3H3/t15-,17+;13-,15+;8-,9+/m111/s1. The number of nitrogens with two attached hydrogens (primary N) is 1. The highest BCUT2D eigenvalue weighted by molar-refractivity contribution is 7.56. The third kappa shape index (κ3) is 12.4. The number of hydrogen-bond acceptors (Lipinski definition) is 13. The van der Waals surface area contributed by atoms with E-state index in [0.29, 0.717) is 32.5 Å². The summed E-state index contributed by atoms with van der Waals surface area (Å²) in [5.74, 6) is -0.434. The number of nitrogens with one attached hydrogen (secondary N) is 2. The molecule has 0 aromatic heterocycles. The van der Waals surface area contributed by atoms with Crippen LogP contribution in [-0.2, 0) is 59.0 Å². The van der Waals surface area contributed by atoms with Gasteiger partial charge in [-0.25, -0.2) is 9.59 Å². The molecule has 19 heteroatoms. The highest BCUT2D eigenvalue weighted by atomic mass is 31.2. The van der Waals surface area contributed by atoms with E-state index >= 15 is 0 Å². The SMILES string of the molecule is C=C[C@@H]1C[C@]1(N)P(=O)(OCC)OCC.C=C[C@@H]1C[C@]1(NC(=O)OCc1ccccc1)P(=O)(O)OCC.C=C[C@@H]1C[C@]1(NC(=O)OCc1ccccc1)P(=O)(OCC)OCC. The lowest BCUT2D eigenvalue weighted by Gasteiger charge is -2.27. The van der Waals surface area contributed by atoms with Crippen molar-refractivity contribution in [3.63, 3.8) is 0 Å². The van der Waals surface area contributed by atoms with E-state index in [1.807, 2.05) is 60.7 Å². The van der Waals surface area contributed by atoms with Crippen molar-refractivity contribution < 1.29 is 60.3 Å². The van der Waals surface area contributed by atoms with Crippen molar-refractivity contribution in [2.45, 2.75) is 82.9 Å². The highest BCUT2D eigenvalue weighted by Gasteiger charge is 2.69. The maximum Gasteiger partial charge on any atom is 0.408 e. The topological polar surface area (TPSA) is 220 Å². The number of carbonyl (C=O) groups is 2. The second-order valence-corrected chi connectivity index (χ2v) is 20.7. The summed E-state index contributed by atoms with van der Waals surface area (Å²) in [6.07, 6.45) is 4.91. The third-order valence-electron chi connectivity index (χ3n) is 9.92. The molecular weight excluding hydrogens is 835 g/mol. The average Bonchev–Trinajstić information content (AvgIpc) is 4.18. The molecule has 0 heterocycles. The Morgan fingerprint density at radius 2 is 1.00 bits per heavy atom. The molecule has 0 spiro atoms. The molecular formula is C41H62N3O13P3. The van der Waals surface area contributed by atoms with E-state index in [2.05, 4.69) is 30.4 Å². The zero-order chi connectivity index (χ0) is 44.7. The predicted octanol–water partition coefficient (Wildman–Crippen LogP) is 9.23. The minimum Gasteiger partial charge on any atom is -0.445 e. The van der Waals surface area contributed by atoms with Gasteiger partial charge in [0.25, 0.3) is 0 Å². The second-order valence-electron chi connectivity index (χ2n) is 14.0. The van der Waals surface area contributed by atoms with Crippen LogP contribution in [0.4, 0.5) is 9.59 Å². The van der Waals surface area contributed by atoms with E-state index in [9.17, 15) is 28.2 Å². The first kappa shape index (κ1) is 51.0. The second kappa shape index (κ2) is 22.6. The first-order valence-corrected chi connectivity index (χ1v) is 24.6. The number of alkyl carbamates (subject to hydrolysis) is 2. The van der Waals surface area contributed by atoms with E-state index in [1.54, 1.807) is 52.8 Å². The first-order valence-electron chi connectivity index (χ1n) is 19.9. The summed E-state index contributed by atoms with van der Waals surface area (Å²) in [5, 5.41) is 1.95. The van der Waals surface area contributed by atoms with Crippen LogP contribution in [0.2, 0.25) is 0 Å². The number of carbonyl (C=O) groups excluding carboxylic acids is 2. The molecule has 334 valence electrons. The van der Waals surface area contributed by atoms with Gasteiger partial charge in [0.1, 0.15) is 18.5 Å². The Morgan fingerprint density at radius 1 is 0.633 bits per heavy atom. The number of rotatable bonds is 22. The molecule has 1 unspecified atom stereocenters. The van der Waals surface area contributed by atoms with Gasteiger partial charge in [-0.05, 0) is 65.0 Å². The lowest BCUT2D eigenvalue weighted by atomic mass is 10.2. The largest absolute Gasteiger partial charge is 0.445 e. The zero-order valence-electron chi connectivity index (χ0n) is 35.2.